The van der Waals surface area contributed by atoms with E-state index in [1.807, 2.05) is 34.2 Å². The minimum atomic E-state index is -0.381. The number of likely N-dealkylation sites (tertiary alicyclic amines) is 2. The maximum Gasteiger partial charge on any atom is 0.322 e. The van der Waals surface area contributed by atoms with Gasteiger partial charge in [0.05, 0.1) is 18.0 Å². The zero-order valence-electron chi connectivity index (χ0n) is 28.4. The van der Waals surface area contributed by atoms with Gasteiger partial charge in [-0.2, -0.15) is 0 Å². The number of aryl methyl sites for hydroxylation is 1. The second-order valence-corrected chi connectivity index (χ2v) is 14.9. The van der Waals surface area contributed by atoms with E-state index < -0.39 is 0 Å². The molecule has 10 nitrogen and oxygen atoms in total. The summed E-state index contributed by atoms with van der Waals surface area (Å²) in [6.45, 7) is 8.44. The molecule has 8 rings (SSSR count). The molecular weight excluding hydrogens is 602 g/mol. The predicted octanol–water partition coefficient (Wildman–Crippen LogP) is 4.10. The number of para-hydroxylation sites is 1. The Balaban J connectivity index is 0.921. The van der Waals surface area contributed by atoms with Crippen LogP contribution in [-0.2, 0) is 22.4 Å². The fourth-order valence-corrected chi connectivity index (χ4v) is 9.14. The van der Waals surface area contributed by atoms with Crippen molar-refractivity contribution in [3.8, 4) is 0 Å². The zero-order valence-corrected chi connectivity index (χ0v) is 28.4. The molecule has 2 N–H and O–H groups in total. The number of urea groups is 1. The Hall–Kier alpha value is -3.89. The topological polar surface area (TPSA) is 95.0 Å². The van der Waals surface area contributed by atoms with Gasteiger partial charge in [-0.15, -0.1) is 0 Å². The van der Waals surface area contributed by atoms with E-state index in [2.05, 4.69) is 63.2 Å². The number of H-pyrrole nitrogens is 1. The summed E-state index contributed by atoms with van der Waals surface area (Å²) in [6.07, 6.45) is 7.18. The highest BCUT2D eigenvalue weighted by atomic mass is 16.2. The number of hydrogen-bond acceptors (Lipinski definition) is 5. The van der Waals surface area contributed by atoms with Crippen molar-refractivity contribution in [2.45, 2.75) is 76.0 Å². The average Bonchev–Trinajstić information content (AvgIpc) is 3.36. The monoisotopic (exact) mass is 651 g/mol. The largest absolute Gasteiger partial charge is 0.361 e. The van der Waals surface area contributed by atoms with E-state index in [1.54, 1.807) is 0 Å². The van der Waals surface area contributed by atoms with Gasteiger partial charge in [0.2, 0.25) is 11.8 Å². The van der Waals surface area contributed by atoms with Crippen molar-refractivity contribution < 1.29 is 14.4 Å². The van der Waals surface area contributed by atoms with Crippen molar-refractivity contribution in [3.63, 3.8) is 0 Å². The third kappa shape index (κ3) is 6.09. The number of aromatic nitrogens is 1. The Bertz CT molecular complexity index is 1680. The number of nitrogens with zero attached hydrogens (tertiary/aromatic N) is 5. The molecule has 4 aliphatic heterocycles. The molecule has 1 aliphatic carbocycles. The molecule has 4 fully saturated rings. The van der Waals surface area contributed by atoms with E-state index in [0.717, 1.165) is 91.6 Å². The summed E-state index contributed by atoms with van der Waals surface area (Å²) in [5.41, 5.74) is 5.45. The lowest BCUT2D eigenvalue weighted by Crippen LogP contribution is -2.50. The van der Waals surface area contributed by atoms with Crippen LogP contribution in [0.1, 0.15) is 48.8 Å². The summed E-state index contributed by atoms with van der Waals surface area (Å²) in [7, 11) is 2.19. The number of piperidine rings is 2. The number of nitrogens with one attached hydrogen (secondary N) is 2. The number of rotatable bonds is 7. The summed E-state index contributed by atoms with van der Waals surface area (Å²) in [4.78, 5) is 55.7. The molecule has 48 heavy (non-hydrogen) atoms. The number of aromatic amines is 1. The van der Waals surface area contributed by atoms with Gasteiger partial charge in [0, 0.05) is 81.7 Å². The van der Waals surface area contributed by atoms with Crippen LogP contribution in [0.25, 0.3) is 10.9 Å². The summed E-state index contributed by atoms with van der Waals surface area (Å²) >= 11 is 0. The number of carbonyl (C=O) groups excluding carboxylic acids is 3. The Kier molecular flexibility index (Phi) is 8.41. The van der Waals surface area contributed by atoms with Gasteiger partial charge in [-0.3, -0.25) is 14.5 Å². The SMILES string of the molecule is Cc1cc(CC(CC(=O)N2CCC(N3CCc4ccccc4NC3=O)CC2)C(=O)N2C3CC(N4CCN(C)CC4)CC32)cc2cc[nH]c12. The van der Waals surface area contributed by atoms with Crippen molar-refractivity contribution >= 4 is 34.4 Å². The molecule has 0 bridgehead atoms. The third-order valence-electron chi connectivity index (χ3n) is 12.0. The first-order valence-electron chi connectivity index (χ1n) is 18.1. The Morgan fingerprint density at radius 3 is 2.44 bits per heavy atom. The van der Waals surface area contributed by atoms with Crippen LogP contribution in [0, 0.1) is 12.8 Å². The van der Waals surface area contributed by atoms with Gasteiger partial charge in [0.1, 0.15) is 0 Å². The van der Waals surface area contributed by atoms with Crippen LogP contribution in [0.2, 0.25) is 0 Å². The van der Waals surface area contributed by atoms with Crippen LogP contribution in [0.3, 0.4) is 0 Å². The normalized spacial score (nSPS) is 25.8. The molecule has 0 spiro atoms. The molecule has 0 radical (unpaired) electrons. The molecule has 3 saturated heterocycles. The summed E-state index contributed by atoms with van der Waals surface area (Å²) in [5.74, 6) is -0.174. The molecule has 254 valence electrons. The van der Waals surface area contributed by atoms with Gasteiger partial charge in [-0.05, 0) is 92.8 Å². The lowest BCUT2D eigenvalue weighted by molar-refractivity contribution is -0.139. The molecule has 2 aromatic carbocycles. The van der Waals surface area contributed by atoms with E-state index in [0.29, 0.717) is 44.2 Å². The van der Waals surface area contributed by atoms with Crippen molar-refractivity contribution in [2.24, 2.45) is 5.92 Å². The third-order valence-corrected chi connectivity index (χ3v) is 12.0. The average molecular weight is 652 g/mol. The molecule has 3 unspecified atom stereocenters. The second-order valence-electron chi connectivity index (χ2n) is 14.9. The maximum absolute atomic E-state index is 14.3. The molecule has 5 aliphatic rings. The molecule has 1 aromatic heterocycles. The number of likely N-dealkylation sites (N-methyl/N-ethyl adjacent to an activating group) is 1. The zero-order chi connectivity index (χ0) is 32.9. The lowest BCUT2D eigenvalue weighted by atomic mass is 9.92. The maximum atomic E-state index is 14.3. The fourth-order valence-electron chi connectivity index (χ4n) is 9.14. The number of fused-ring (bicyclic) bond motifs is 3. The van der Waals surface area contributed by atoms with E-state index in [9.17, 15) is 14.4 Å². The van der Waals surface area contributed by atoms with Crippen molar-refractivity contribution in [1.29, 1.82) is 0 Å². The van der Waals surface area contributed by atoms with Crippen molar-refractivity contribution in [1.82, 2.24) is 29.5 Å². The number of carbonyl (C=O) groups is 3. The van der Waals surface area contributed by atoms with Crippen LogP contribution in [0.15, 0.2) is 48.7 Å². The first-order chi connectivity index (χ1) is 23.3. The van der Waals surface area contributed by atoms with Gasteiger partial charge < -0.3 is 29.9 Å². The van der Waals surface area contributed by atoms with Crippen LogP contribution in [0.4, 0.5) is 10.5 Å². The number of amides is 4. The number of hydrogen-bond donors (Lipinski definition) is 2. The molecule has 10 heteroatoms. The van der Waals surface area contributed by atoms with E-state index in [1.165, 1.54) is 0 Å². The van der Waals surface area contributed by atoms with E-state index in [-0.39, 0.29) is 36.2 Å². The van der Waals surface area contributed by atoms with Gasteiger partial charge >= 0.3 is 6.03 Å². The lowest BCUT2D eigenvalue weighted by Gasteiger charge is -2.38. The molecule has 5 heterocycles. The fraction of sp³-hybridized carbons (Fsp3) is 0.553. The highest BCUT2D eigenvalue weighted by molar-refractivity contribution is 5.91. The summed E-state index contributed by atoms with van der Waals surface area (Å²) in [5, 5.41) is 4.24. The molecule has 3 atom stereocenters. The Morgan fingerprint density at radius 1 is 0.917 bits per heavy atom. The summed E-state index contributed by atoms with van der Waals surface area (Å²) < 4.78 is 0. The highest BCUT2D eigenvalue weighted by Crippen LogP contribution is 2.46. The van der Waals surface area contributed by atoms with E-state index >= 15 is 0 Å². The number of piperazine rings is 1. The van der Waals surface area contributed by atoms with Crippen LogP contribution in [-0.4, -0.2) is 124 Å². The van der Waals surface area contributed by atoms with Gasteiger partial charge in [-0.25, -0.2) is 4.79 Å². The molecule has 1 saturated carbocycles. The quantitative estimate of drug-likeness (QED) is 0.376. The van der Waals surface area contributed by atoms with Crippen molar-refractivity contribution in [3.05, 3.63) is 65.4 Å². The molecule has 3 aromatic rings. The Labute approximate surface area is 283 Å². The standard InChI is InChI=1S/C38H49N7O3/c1-25-19-26(20-28-7-11-39-36(25)28)21-29(37(47)45-33-23-31(24-34(33)45)42-17-15-41(2)16-18-42)22-35(46)43-12-9-30(10-13-43)44-14-8-27-5-3-4-6-32(27)40-38(44)48/h3-7,11,19-20,29-31,33-34,39H,8-10,12-18,21-24H2,1-2H3,(H,40,48). The summed E-state index contributed by atoms with van der Waals surface area (Å²) in [6, 6.07) is 15.7. The highest BCUT2D eigenvalue weighted by Gasteiger charge is 2.58. The number of anilines is 1. The van der Waals surface area contributed by atoms with Crippen LogP contribution in [0.5, 0.6) is 0 Å². The first kappa shape index (κ1) is 31.4. The minimum absolute atomic E-state index is 0.0519. The van der Waals surface area contributed by atoms with E-state index in [4.69, 9.17) is 0 Å². The first-order valence-corrected chi connectivity index (χ1v) is 18.1. The van der Waals surface area contributed by atoms with Gasteiger partial charge in [0.15, 0.2) is 0 Å². The van der Waals surface area contributed by atoms with Crippen LogP contribution >= 0.6 is 0 Å². The smallest absolute Gasteiger partial charge is 0.322 e. The Morgan fingerprint density at radius 2 is 1.67 bits per heavy atom. The van der Waals surface area contributed by atoms with Crippen molar-refractivity contribution in [2.75, 3.05) is 58.2 Å². The minimum Gasteiger partial charge on any atom is -0.361 e. The van der Waals surface area contributed by atoms with Gasteiger partial charge in [0.25, 0.3) is 0 Å². The van der Waals surface area contributed by atoms with Crippen LogP contribution < -0.4 is 5.32 Å². The molecule has 4 amide bonds. The second kappa shape index (κ2) is 12.9. The number of benzene rings is 2. The van der Waals surface area contributed by atoms with Gasteiger partial charge in [-0.1, -0.05) is 24.3 Å². The predicted molar refractivity (Wildman–Crippen MR) is 187 cm³/mol. The molecular formula is C38H49N7O3.